The molecule has 5 rings (SSSR count). The first-order valence-corrected chi connectivity index (χ1v) is 10.5. The second-order valence-electron chi connectivity index (χ2n) is 7.61. The summed E-state index contributed by atoms with van der Waals surface area (Å²) in [6, 6.07) is 15.3. The van der Waals surface area contributed by atoms with Gasteiger partial charge < -0.3 is 4.74 Å². The Morgan fingerprint density at radius 1 is 0.618 bits per heavy atom. The van der Waals surface area contributed by atoms with Crippen LogP contribution in [-0.2, 0) is 0 Å². The Bertz CT molecular complexity index is 1510. The van der Waals surface area contributed by atoms with Gasteiger partial charge in [0.1, 0.15) is 0 Å². The number of hydrogen-bond donors (Lipinski definition) is 0. The molecular weight excluding hydrogens is 447 g/mol. The lowest BCUT2D eigenvalue weighted by atomic mass is 9.78. The zero-order valence-electron chi connectivity index (χ0n) is 17.8. The fraction of sp³-hybridized carbons (Fsp3) is 0.0714. The molecule has 6 heteroatoms. The van der Waals surface area contributed by atoms with Crippen molar-refractivity contribution in [2.24, 2.45) is 0 Å². The van der Waals surface area contributed by atoms with Crippen LogP contribution in [0.4, 0.5) is 22.0 Å². The Kier molecular flexibility index (Phi) is 5.33. The van der Waals surface area contributed by atoms with Gasteiger partial charge in [-0.2, -0.15) is 0 Å². The van der Waals surface area contributed by atoms with E-state index in [1.165, 1.54) is 24.3 Å². The van der Waals surface area contributed by atoms with Gasteiger partial charge >= 0.3 is 0 Å². The fourth-order valence-corrected chi connectivity index (χ4v) is 4.03. The Balaban J connectivity index is 1.53. The van der Waals surface area contributed by atoms with Crippen LogP contribution in [0.1, 0.15) is 18.1 Å². The number of fused-ring (bicyclic) bond motifs is 4. The molecule has 1 nitrogen and oxygen atoms in total. The largest absolute Gasteiger partial charge is 0.491 e. The van der Waals surface area contributed by atoms with Gasteiger partial charge in [-0.15, -0.1) is 0 Å². The second kappa shape index (κ2) is 8.35. The van der Waals surface area contributed by atoms with Crippen molar-refractivity contribution in [3.8, 4) is 51.0 Å². The van der Waals surface area contributed by atoms with E-state index in [4.69, 9.17) is 4.74 Å². The van der Waals surface area contributed by atoms with Gasteiger partial charge in [-0.1, -0.05) is 42.2 Å². The maximum absolute atomic E-state index is 14.8. The lowest BCUT2D eigenvalue weighted by molar-refractivity contribution is 0.322. The van der Waals surface area contributed by atoms with E-state index in [0.717, 1.165) is 0 Å². The summed E-state index contributed by atoms with van der Waals surface area (Å²) in [4.78, 5) is 0. The fourth-order valence-electron chi connectivity index (χ4n) is 4.03. The van der Waals surface area contributed by atoms with Crippen LogP contribution >= 0.6 is 0 Å². The minimum atomic E-state index is -1.29. The van der Waals surface area contributed by atoms with Crippen LogP contribution in [0.2, 0.25) is 0 Å². The maximum atomic E-state index is 14.8. The molecule has 0 saturated heterocycles. The summed E-state index contributed by atoms with van der Waals surface area (Å²) in [5, 5.41) is 0. The maximum Gasteiger partial charge on any atom is 0.175 e. The molecule has 34 heavy (non-hydrogen) atoms. The molecule has 0 amide bonds. The van der Waals surface area contributed by atoms with Crippen molar-refractivity contribution >= 4 is 0 Å². The van der Waals surface area contributed by atoms with Crippen molar-refractivity contribution in [1.82, 2.24) is 0 Å². The van der Waals surface area contributed by atoms with Gasteiger partial charge in [0.25, 0.3) is 0 Å². The van der Waals surface area contributed by atoms with Crippen molar-refractivity contribution in [2.75, 3.05) is 6.61 Å². The lowest BCUT2D eigenvalue weighted by Gasteiger charge is -2.26. The average molecular weight is 462 g/mol. The summed E-state index contributed by atoms with van der Waals surface area (Å²) in [6.45, 7) is 1.90. The summed E-state index contributed by atoms with van der Waals surface area (Å²) >= 11 is 0. The monoisotopic (exact) mass is 462 g/mol. The summed E-state index contributed by atoms with van der Waals surface area (Å²) < 4.78 is 78.6. The normalized spacial score (nSPS) is 11.1. The van der Waals surface area contributed by atoms with E-state index in [2.05, 4.69) is 11.8 Å². The van der Waals surface area contributed by atoms with Gasteiger partial charge in [0.05, 0.1) is 17.7 Å². The third-order valence-corrected chi connectivity index (χ3v) is 5.65. The van der Waals surface area contributed by atoms with Crippen molar-refractivity contribution < 1.29 is 26.7 Å². The molecule has 0 bridgehead atoms. The SMILES string of the molecule is CCOc1ccc2c(c1F)-c1c-2cc(C#Cc2ccc(-c3ccccc3)c(F)c2F)c(F)c1F. The Labute approximate surface area is 192 Å². The van der Waals surface area contributed by atoms with Gasteiger partial charge in [-0.25, -0.2) is 22.0 Å². The van der Waals surface area contributed by atoms with Gasteiger partial charge in [0.2, 0.25) is 0 Å². The van der Waals surface area contributed by atoms with Gasteiger partial charge in [-0.3, -0.25) is 0 Å². The van der Waals surface area contributed by atoms with Gasteiger partial charge in [0, 0.05) is 16.7 Å². The van der Waals surface area contributed by atoms with E-state index in [1.807, 2.05) is 0 Å². The molecule has 0 heterocycles. The second-order valence-corrected chi connectivity index (χ2v) is 7.61. The summed E-state index contributed by atoms with van der Waals surface area (Å²) in [5.41, 5.74) is 0.339. The number of halogens is 5. The molecule has 4 aromatic carbocycles. The van der Waals surface area contributed by atoms with Crippen LogP contribution in [0.3, 0.4) is 0 Å². The first-order valence-electron chi connectivity index (χ1n) is 10.5. The van der Waals surface area contributed by atoms with E-state index >= 15 is 0 Å². The summed E-state index contributed by atoms with van der Waals surface area (Å²) in [7, 11) is 0. The zero-order valence-corrected chi connectivity index (χ0v) is 17.8. The average Bonchev–Trinajstić information content (AvgIpc) is 2.83. The first kappa shape index (κ1) is 21.7. The molecule has 0 saturated carbocycles. The molecule has 1 aliphatic rings. The van der Waals surface area contributed by atoms with Crippen molar-refractivity contribution in [2.45, 2.75) is 6.92 Å². The predicted octanol–water partition coefficient (Wildman–Crippen LogP) is 7.50. The molecule has 0 aliphatic heterocycles. The molecule has 0 spiro atoms. The molecule has 0 aromatic heterocycles. The van der Waals surface area contributed by atoms with Crippen LogP contribution in [-0.4, -0.2) is 6.61 Å². The van der Waals surface area contributed by atoms with Crippen LogP contribution in [0.5, 0.6) is 5.75 Å². The minimum absolute atomic E-state index is 0.0490. The number of ether oxygens (including phenoxy) is 1. The standard InChI is InChI=1S/C28H15F5O/c1-2-34-21-13-12-19-20-14-17(25(30)28(33)23(20)22(19)27(21)32)9-8-16-10-11-18(26(31)24(16)29)15-6-4-3-5-7-15/h3-7,10-14H,2H2,1H3. The summed E-state index contributed by atoms with van der Waals surface area (Å²) in [5.74, 6) is -0.864. The highest BCUT2D eigenvalue weighted by atomic mass is 19.2. The third-order valence-electron chi connectivity index (χ3n) is 5.65. The zero-order chi connectivity index (χ0) is 24.0. The molecule has 168 valence electrons. The lowest BCUT2D eigenvalue weighted by Crippen LogP contribution is -2.09. The van der Waals surface area contributed by atoms with Crippen LogP contribution in [0.25, 0.3) is 33.4 Å². The van der Waals surface area contributed by atoms with Crippen molar-refractivity contribution in [3.63, 3.8) is 0 Å². The minimum Gasteiger partial charge on any atom is -0.491 e. The van der Waals surface area contributed by atoms with E-state index in [-0.39, 0.29) is 45.7 Å². The molecule has 1 aliphatic carbocycles. The molecule has 0 radical (unpaired) electrons. The van der Waals surface area contributed by atoms with Crippen LogP contribution in [0.15, 0.2) is 60.7 Å². The number of benzene rings is 4. The van der Waals surface area contributed by atoms with Crippen molar-refractivity contribution in [1.29, 1.82) is 0 Å². The topological polar surface area (TPSA) is 9.23 Å². The highest BCUT2D eigenvalue weighted by molar-refractivity contribution is 6.04. The first-order chi connectivity index (χ1) is 16.4. The molecule has 4 aromatic rings. The molecule has 0 atom stereocenters. The Morgan fingerprint density at radius 2 is 1.26 bits per heavy atom. The Hall–Kier alpha value is -4.11. The van der Waals surface area contributed by atoms with Crippen LogP contribution in [0, 0.1) is 40.9 Å². The van der Waals surface area contributed by atoms with E-state index < -0.39 is 29.1 Å². The van der Waals surface area contributed by atoms with Gasteiger partial charge in [0.15, 0.2) is 34.8 Å². The molecular formula is C28H15F5O. The van der Waals surface area contributed by atoms with Crippen LogP contribution < -0.4 is 4.74 Å². The third kappa shape index (κ3) is 3.32. The summed E-state index contributed by atoms with van der Waals surface area (Å²) in [6.07, 6.45) is 0. The van der Waals surface area contributed by atoms with Gasteiger partial charge in [-0.05, 0) is 53.9 Å². The van der Waals surface area contributed by atoms with E-state index in [0.29, 0.717) is 11.1 Å². The Morgan fingerprint density at radius 3 is 2.00 bits per heavy atom. The quantitative estimate of drug-likeness (QED) is 0.199. The predicted molar refractivity (Wildman–Crippen MR) is 120 cm³/mol. The highest BCUT2D eigenvalue weighted by Gasteiger charge is 2.34. The highest BCUT2D eigenvalue weighted by Crippen LogP contribution is 2.52. The number of hydrogen-bond acceptors (Lipinski definition) is 1. The molecule has 0 N–H and O–H groups in total. The smallest absolute Gasteiger partial charge is 0.175 e. The molecule has 0 fully saturated rings. The number of rotatable bonds is 3. The van der Waals surface area contributed by atoms with E-state index in [1.54, 1.807) is 43.3 Å². The molecule has 0 unspecified atom stereocenters. The van der Waals surface area contributed by atoms with Crippen molar-refractivity contribution in [3.05, 3.63) is 101 Å². The van der Waals surface area contributed by atoms with E-state index in [9.17, 15) is 22.0 Å².